The summed E-state index contributed by atoms with van der Waals surface area (Å²) in [7, 11) is 0. The van der Waals surface area contributed by atoms with Gasteiger partial charge in [-0.25, -0.2) is 4.39 Å². The highest BCUT2D eigenvalue weighted by Crippen LogP contribution is 2.20. The molecule has 104 valence electrons. The Labute approximate surface area is 111 Å². The van der Waals surface area contributed by atoms with Crippen LogP contribution in [0.15, 0.2) is 12.1 Å². The van der Waals surface area contributed by atoms with Crippen molar-refractivity contribution in [3.8, 4) is 0 Å². The van der Waals surface area contributed by atoms with E-state index in [1.54, 1.807) is 6.92 Å². The number of rotatable bonds is 2. The van der Waals surface area contributed by atoms with Crippen LogP contribution in [0.25, 0.3) is 0 Å². The van der Waals surface area contributed by atoms with Crippen molar-refractivity contribution in [1.29, 1.82) is 0 Å². The van der Waals surface area contributed by atoms with Crippen LogP contribution in [0.3, 0.4) is 0 Å². The molecule has 0 unspecified atom stereocenters. The number of aliphatic hydroxyl groups excluding tert-OH is 1. The lowest BCUT2D eigenvalue weighted by Crippen LogP contribution is -2.38. The second-order valence-electron chi connectivity index (χ2n) is 5.15. The first-order valence-electron chi connectivity index (χ1n) is 6.52. The Morgan fingerprint density at radius 3 is 2.58 bits per heavy atom. The number of carbonyl (C=O) groups is 1. The first kappa shape index (κ1) is 13.8. The molecule has 1 fully saturated rings. The minimum Gasteiger partial charge on any atom is -0.398 e. The predicted molar refractivity (Wildman–Crippen MR) is 71.3 cm³/mol. The van der Waals surface area contributed by atoms with Crippen molar-refractivity contribution in [1.82, 2.24) is 5.32 Å². The molecule has 1 aromatic rings. The Hall–Kier alpha value is -1.62. The molecule has 0 heterocycles. The van der Waals surface area contributed by atoms with E-state index in [4.69, 9.17) is 5.73 Å². The largest absolute Gasteiger partial charge is 0.398 e. The average molecular weight is 266 g/mol. The molecule has 4 N–H and O–H groups in total. The van der Waals surface area contributed by atoms with E-state index in [0.29, 0.717) is 18.4 Å². The smallest absolute Gasteiger partial charge is 0.251 e. The summed E-state index contributed by atoms with van der Waals surface area (Å²) in [5, 5.41) is 12.3. The number of aliphatic hydroxyl groups is 1. The van der Waals surface area contributed by atoms with Crippen molar-refractivity contribution in [2.45, 2.75) is 44.8 Å². The predicted octanol–water partition coefficient (Wildman–Crippen LogP) is 1.75. The van der Waals surface area contributed by atoms with E-state index >= 15 is 0 Å². The van der Waals surface area contributed by atoms with Gasteiger partial charge in [-0.3, -0.25) is 4.79 Å². The number of carbonyl (C=O) groups excluding carboxylic acids is 1. The maximum absolute atomic E-state index is 13.5. The summed E-state index contributed by atoms with van der Waals surface area (Å²) in [5.41, 5.74) is 6.54. The summed E-state index contributed by atoms with van der Waals surface area (Å²) < 4.78 is 13.5. The zero-order valence-corrected chi connectivity index (χ0v) is 10.9. The van der Waals surface area contributed by atoms with Gasteiger partial charge >= 0.3 is 0 Å². The van der Waals surface area contributed by atoms with E-state index in [1.807, 2.05) is 0 Å². The minimum absolute atomic E-state index is 0.0430. The molecule has 5 heteroatoms. The Balaban J connectivity index is 2.04. The van der Waals surface area contributed by atoms with E-state index in [9.17, 15) is 14.3 Å². The molecule has 0 radical (unpaired) electrons. The fourth-order valence-electron chi connectivity index (χ4n) is 2.32. The van der Waals surface area contributed by atoms with Crippen molar-refractivity contribution in [3.05, 3.63) is 29.1 Å². The number of halogens is 1. The molecule has 1 aliphatic rings. The van der Waals surface area contributed by atoms with Crippen LogP contribution >= 0.6 is 0 Å². The van der Waals surface area contributed by atoms with Gasteiger partial charge in [0.15, 0.2) is 0 Å². The summed E-state index contributed by atoms with van der Waals surface area (Å²) >= 11 is 0. The monoisotopic (exact) mass is 266 g/mol. The Kier molecular flexibility index (Phi) is 4.04. The van der Waals surface area contributed by atoms with Crippen LogP contribution in [0.5, 0.6) is 0 Å². The van der Waals surface area contributed by atoms with Crippen molar-refractivity contribution in [2.75, 3.05) is 5.73 Å². The molecule has 0 atom stereocenters. The summed E-state index contributed by atoms with van der Waals surface area (Å²) in [6.07, 6.45) is 2.61. The van der Waals surface area contributed by atoms with Gasteiger partial charge in [0.05, 0.1) is 6.10 Å². The lowest BCUT2D eigenvalue weighted by Gasteiger charge is -2.26. The van der Waals surface area contributed by atoms with Gasteiger partial charge in [0, 0.05) is 22.9 Å². The number of nitrogens with one attached hydrogen (secondary N) is 1. The highest BCUT2D eigenvalue weighted by molar-refractivity contribution is 5.95. The van der Waals surface area contributed by atoms with Crippen molar-refractivity contribution >= 4 is 11.6 Å². The van der Waals surface area contributed by atoms with E-state index in [0.717, 1.165) is 12.8 Å². The molecular formula is C14H19FN2O2. The maximum atomic E-state index is 13.5. The number of nitrogen functional groups attached to an aromatic ring is 1. The van der Waals surface area contributed by atoms with E-state index < -0.39 is 5.82 Å². The second kappa shape index (κ2) is 5.57. The highest BCUT2D eigenvalue weighted by atomic mass is 19.1. The SMILES string of the molecule is Cc1c(N)cc(C(=O)NC2CCC(O)CC2)cc1F. The van der Waals surface area contributed by atoms with Gasteiger partial charge in [-0.05, 0) is 44.7 Å². The normalized spacial score (nSPS) is 23.1. The van der Waals surface area contributed by atoms with Crippen LogP contribution in [-0.4, -0.2) is 23.2 Å². The summed E-state index contributed by atoms with van der Waals surface area (Å²) in [6, 6.07) is 2.74. The Morgan fingerprint density at radius 2 is 2.00 bits per heavy atom. The topological polar surface area (TPSA) is 75.4 Å². The molecule has 4 nitrogen and oxygen atoms in total. The van der Waals surface area contributed by atoms with Gasteiger partial charge < -0.3 is 16.2 Å². The van der Waals surface area contributed by atoms with Gasteiger partial charge in [-0.1, -0.05) is 0 Å². The van der Waals surface area contributed by atoms with Crippen molar-refractivity contribution in [3.63, 3.8) is 0 Å². The van der Waals surface area contributed by atoms with Crippen LogP contribution in [0.1, 0.15) is 41.6 Å². The highest BCUT2D eigenvalue weighted by Gasteiger charge is 2.21. The molecule has 1 amide bonds. The lowest BCUT2D eigenvalue weighted by molar-refractivity contribution is 0.0867. The maximum Gasteiger partial charge on any atom is 0.251 e. The Bertz CT molecular complexity index is 459. The van der Waals surface area contributed by atoms with Gasteiger partial charge in [0.1, 0.15) is 5.82 Å². The molecule has 19 heavy (non-hydrogen) atoms. The van der Waals surface area contributed by atoms with Gasteiger partial charge in [0.25, 0.3) is 5.91 Å². The van der Waals surface area contributed by atoms with Crippen LogP contribution < -0.4 is 11.1 Å². The molecular weight excluding hydrogens is 247 g/mol. The molecule has 0 aromatic heterocycles. The van der Waals surface area contributed by atoms with Gasteiger partial charge in [-0.15, -0.1) is 0 Å². The fourth-order valence-corrected chi connectivity index (χ4v) is 2.32. The number of hydrogen-bond donors (Lipinski definition) is 3. The number of anilines is 1. The van der Waals surface area contributed by atoms with Crippen LogP contribution in [0.2, 0.25) is 0 Å². The van der Waals surface area contributed by atoms with Crippen LogP contribution in [0.4, 0.5) is 10.1 Å². The molecule has 0 saturated heterocycles. The first-order chi connectivity index (χ1) is 8.97. The summed E-state index contributed by atoms with van der Waals surface area (Å²) in [6.45, 7) is 1.58. The molecule has 1 aromatic carbocycles. The Morgan fingerprint density at radius 1 is 1.37 bits per heavy atom. The zero-order valence-electron chi connectivity index (χ0n) is 10.9. The van der Waals surface area contributed by atoms with E-state index in [-0.39, 0.29) is 29.3 Å². The number of nitrogens with two attached hydrogens (primary N) is 1. The molecule has 0 spiro atoms. The summed E-state index contributed by atoms with van der Waals surface area (Å²) in [4.78, 5) is 12.0. The average Bonchev–Trinajstić information content (AvgIpc) is 2.38. The third-order valence-electron chi connectivity index (χ3n) is 3.68. The number of hydrogen-bond acceptors (Lipinski definition) is 3. The number of amides is 1. The third-order valence-corrected chi connectivity index (χ3v) is 3.68. The van der Waals surface area contributed by atoms with Crippen molar-refractivity contribution in [2.24, 2.45) is 0 Å². The summed E-state index contributed by atoms with van der Waals surface area (Å²) in [5.74, 6) is -0.781. The minimum atomic E-state index is -0.468. The van der Waals surface area contributed by atoms with Crippen LogP contribution in [-0.2, 0) is 0 Å². The number of benzene rings is 1. The second-order valence-corrected chi connectivity index (χ2v) is 5.15. The van der Waals surface area contributed by atoms with Crippen molar-refractivity contribution < 1.29 is 14.3 Å². The van der Waals surface area contributed by atoms with Crippen LogP contribution in [0, 0.1) is 12.7 Å². The molecule has 1 aliphatic carbocycles. The fraction of sp³-hybridized carbons (Fsp3) is 0.500. The third kappa shape index (κ3) is 3.23. The lowest BCUT2D eigenvalue weighted by atomic mass is 9.93. The van der Waals surface area contributed by atoms with Gasteiger partial charge in [0.2, 0.25) is 0 Å². The first-order valence-corrected chi connectivity index (χ1v) is 6.52. The molecule has 2 rings (SSSR count). The van der Waals surface area contributed by atoms with E-state index in [1.165, 1.54) is 12.1 Å². The molecule has 0 bridgehead atoms. The van der Waals surface area contributed by atoms with Gasteiger partial charge in [-0.2, -0.15) is 0 Å². The molecule has 0 aliphatic heterocycles. The standard InChI is InChI=1S/C14H19FN2O2/c1-8-12(15)6-9(7-13(8)16)14(19)17-10-2-4-11(18)5-3-10/h6-7,10-11,18H,2-5,16H2,1H3,(H,17,19). The zero-order chi connectivity index (χ0) is 14.0. The molecule has 1 saturated carbocycles. The quantitative estimate of drug-likeness (QED) is 0.714. The van der Waals surface area contributed by atoms with E-state index in [2.05, 4.69) is 5.32 Å².